The normalized spacial score (nSPS) is 22.8. The number of hydrogen-bond donors (Lipinski definition) is 1. The number of hydrogen-bond acceptors (Lipinski definition) is 5. The number of fused-ring (bicyclic) bond motifs is 2. The molecule has 2 aromatic heterocycles. The van der Waals surface area contributed by atoms with Gasteiger partial charge in [0.2, 0.25) is 11.8 Å². The summed E-state index contributed by atoms with van der Waals surface area (Å²) in [5.74, 6) is -0.348. The number of nitrogens with zero attached hydrogens (tertiary/aromatic N) is 5. The van der Waals surface area contributed by atoms with Crippen molar-refractivity contribution in [3.63, 3.8) is 0 Å². The molecule has 0 radical (unpaired) electrons. The molecular weight excluding hydrogens is 400 g/mol. The van der Waals surface area contributed by atoms with Crippen LogP contribution in [-0.4, -0.2) is 68.8 Å². The lowest BCUT2D eigenvalue weighted by Gasteiger charge is -2.38. The zero-order chi connectivity index (χ0) is 21.8. The molecule has 0 bridgehead atoms. The Balaban J connectivity index is 1.61. The van der Waals surface area contributed by atoms with E-state index in [-0.39, 0.29) is 30.1 Å². The molecule has 2 aromatic rings. The van der Waals surface area contributed by atoms with Crippen molar-refractivity contribution in [2.45, 2.75) is 58.0 Å². The van der Waals surface area contributed by atoms with Crippen molar-refractivity contribution in [1.82, 2.24) is 24.2 Å². The van der Waals surface area contributed by atoms with Gasteiger partial charge in [-0.2, -0.15) is 5.10 Å². The summed E-state index contributed by atoms with van der Waals surface area (Å²) in [6, 6.07) is 1.38. The Morgan fingerprint density at radius 2 is 2.00 bits per heavy atom. The van der Waals surface area contributed by atoms with Gasteiger partial charge in [-0.25, -0.2) is 0 Å². The first-order valence-electron chi connectivity index (χ1n) is 10.4. The van der Waals surface area contributed by atoms with Crippen LogP contribution in [0.2, 0.25) is 19.6 Å². The molecule has 3 amide bonds. The fourth-order valence-corrected chi connectivity index (χ4v) is 6.47. The van der Waals surface area contributed by atoms with Crippen molar-refractivity contribution >= 4 is 36.9 Å². The van der Waals surface area contributed by atoms with Gasteiger partial charge in [-0.3, -0.25) is 24.0 Å². The number of carbonyl (C=O) groups excluding carboxylic acids is 3. The van der Waals surface area contributed by atoms with Crippen LogP contribution < -0.4 is 5.73 Å². The maximum absolute atomic E-state index is 13.3. The molecule has 3 atom stereocenters. The topological polar surface area (TPSA) is 114 Å². The van der Waals surface area contributed by atoms with Crippen LogP contribution in [0.4, 0.5) is 0 Å². The fraction of sp³-hybridized carbons (Fsp3) is 0.550. The summed E-state index contributed by atoms with van der Waals surface area (Å²) < 4.78 is 3.44. The fourth-order valence-electron chi connectivity index (χ4n) is 4.71. The van der Waals surface area contributed by atoms with Gasteiger partial charge < -0.3 is 15.2 Å². The molecule has 3 heterocycles. The third kappa shape index (κ3) is 3.38. The van der Waals surface area contributed by atoms with Crippen LogP contribution in [0.5, 0.6) is 0 Å². The summed E-state index contributed by atoms with van der Waals surface area (Å²) in [6.07, 6.45) is 4.80. The molecule has 1 saturated heterocycles. The molecule has 0 unspecified atom stereocenters. The van der Waals surface area contributed by atoms with E-state index in [0.717, 1.165) is 12.8 Å². The van der Waals surface area contributed by atoms with Crippen LogP contribution in [-0.2, 0) is 16.1 Å². The Labute approximate surface area is 176 Å². The summed E-state index contributed by atoms with van der Waals surface area (Å²) in [5.41, 5.74) is 6.14. The molecular formula is C20H28N6O3Si. The van der Waals surface area contributed by atoms with Gasteiger partial charge in [0.05, 0.1) is 11.7 Å². The molecule has 0 aromatic carbocycles. The number of piperidine rings is 1. The Hall–Kier alpha value is -2.75. The highest BCUT2D eigenvalue weighted by Gasteiger charge is 2.57. The number of pyridine rings is 1. The minimum absolute atomic E-state index is 0.0540. The summed E-state index contributed by atoms with van der Waals surface area (Å²) in [7, 11) is -1.84. The maximum atomic E-state index is 13.3. The summed E-state index contributed by atoms with van der Waals surface area (Å²) in [6.45, 7) is 9.02. The van der Waals surface area contributed by atoms with Crippen molar-refractivity contribution in [1.29, 1.82) is 0 Å². The first kappa shape index (κ1) is 20.5. The van der Waals surface area contributed by atoms with Crippen molar-refractivity contribution in [3.8, 4) is 0 Å². The van der Waals surface area contributed by atoms with Gasteiger partial charge in [0.25, 0.3) is 5.91 Å². The number of amides is 3. The van der Waals surface area contributed by atoms with Crippen LogP contribution in [0.15, 0.2) is 18.5 Å². The van der Waals surface area contributed by atoms with Crippen molar-refractivity contribution < 1.29 is 14.4 Å². The minimum atomic E-state index is -1.84. The number of rotatable bonds is 6. The van der Waals surface area contributed by atoms with Crippen LogP contribution in [0.3, 0.4) is 0 Å². The second-order valence-corrected chi connectivity index (χ2v) is 14.0. The van der Waals surface area contributed by atoms with E-state index >= 15 is 0 Å². The first-order valence-corrected chi connectivity index (χ1v) is 13.8. The summed E-state index contributed by atoms with van der Waals surface area (Å²) in [4.78, 5) is 44.3. The van der Waals surface area contributed by atoms with Crippen LogP contribution in [0, 0.1) is 5.92 Å². The predicted molar refractivity (Wildman–Crippen MR) is 114 cm³/mol. The quantitative estimate of drug-likeness (QED) is 0.695. The molecule has 4 rings (SSSR count). The van der Waals surface area contributed by atoms with E-state index in [9.17, 15) is 14.4 Å². The lowest BCUT2D eigenvalue weighted by atomic mass is 10.1. The van der Waals surface area contributed by atoms with Gasteiger partial charge >= 0.3 is 0 Å². The highest BCUT2D eigenvalue weighted by Crippen LogP contribution is 2.48. The molecule has 10 heteroatoms. The second-order valence-electron chi connectivity index (χ2n) is 9.13. The van der Waals surface area contributed by atoms with Crippen LogP contribution >= 0.6 is 0 Å². The Bertz CT molecular complexity index is 1030. The molecule has 2 aliphatic rings. The highest BCUT2D eigenvalue weighted by molar-refractivity contribution is 6.75. The number of primary amides is 1. The van der Waals surface area contributed by atoms with Gasteiger partial charge in [0.15, 0.2) is 13.9 Å². The predicted octanol–water partition coefficient (Wildman–Crippen LogP) is 1.20. The number of carbonyl (C=O) groups is 3. The van der Waals surface area contributed by atoms with Crippen molar-refractivity contribution in [2.24, 2.45) is 11.7 Å². The van der Waals surface area contributed by atoms with Gasteiger partial charge in [-0.05, 0) is 31.7 Å². The van der Waals surface area contributed by atoms with E-state index in [2.05, 4.69) is 29.7 Å². The van der Waals surface area contributed by atoms with Gasteiger partial charge in [0, 0.05) is 24.2 Å². The van der Waals surface area contributed by atoms with E-state index in [1.165, 1.54) is 4.68 Å². The maximum Gasteiger partial charge on any atom is 0.269 e. The summed E-state index contributed by atoms with van der Waals surface area (Å²) in [5, 5.41) is 4.83. The van der Waals surface area contributed by atoms with Gasteiger partial charge in [-0.1, -0.05) is 19.6 Å². The summed E-state index contributed by atoms with van der Waals surface area (Å²) >= 11 is 0. The van der Waals surface area contributed by atoms with Gasteiger partial charge in [-0.15, -0.1) is 0 Å². The van der Waals surface area contributed by atoms with E-state index in [4.69, 9.17) is 5.73 Å². The molecule has 2 fully saturated rings. The molecule has 9 nitrogen and oxygen atoms in total. The Kier molecular flexibility index (Phi) is 4.92. The molecule has 2 N–H and O–H groups in total. The van der Waals surface area contributed by atoms with Crippen molar-refractivity contribution in [3.05, 3.63) is 24.2 Å². The van der Waals surface area contributed by atoms with E-state index in [0.29, 0.717) is 23.4 Å². The molecule has 1 aliphatic carbocycles. The molecule has 160 valence electrons. The van der Waals surface area contributed by atoms with Crippen molar-refractivity contribution in [2.75, 3.05) is 6.54 Å². The molecule has 30 heavy (non-hydrogen) atoms. The molecule has 0 spiro atoms. The highest BCUT2D eigenvalue weighted by atomic mass is 28.3. The number of likely N-dealkylation sites (tertiary alicyclic amines) is 1. The SMILES string of the molecule is CCN(C(=O)[C@@H]1C[C@H]2C[C@H]2N1C(=O)Cn1nc(C(N)=O)c2ccncc21)[Si](C)(C)C. The Morgan fingerprint density at radius 3 is 2.63 bits per heavy atom. The number of nitrogens with two attached hydrogens (primary N) is 1. The smallest absolute Gasteiger partial charge is 0.269 e. The van der Waals surface area contributed by atoms with Crippen LogP contribution in [0.1, 0.15) is 30.3 Å². The average Bonchev–Trinajstić information content (AvgIpc) is 3.17. The average molecular weight is 429 g/mol. The van der Waals surface area contributed by atoms with E-state index in [1.54, 1.807) is 23.4 Å². The molecule has 1 aliphatic heterocycles. The van der Waals surface area contributed by atoms with Crippen LogP contribution in [0.25, 0.3) is 10.9 Å². The molecule has 1 saturated carbocycles. The first-order chi connectivity index (χ1) is 14.1. The third-order valence-corrected chi connectivity index (χ3v) is 8.30. The standard InChI is InChI=1S/C20H28N6O3Si/c1-5-25(30(2,3)4)20(29)15-9-12-8-14(12)26(15)17(27)11-24-16-10-22-7-6-13(16)18(23-24)19(21)28/h6-7,10,12,14-15H,5,8-9,11H2,1-4H3,(H2,21,28)/t12-,14-,15+/m1/s1. The van der Waals surface area contributed by atoms with E-state index < -0.39 is 20.2 Å². The Morgan fingerprint density at radius 1 is 1.27 bits per heavy atom. The number of aromatic nitrogens is 3. The minimum Gasteiger partial charge on any atom is -0.368 e. The van der Waals surface area contributed by atoms with Gasteiger partial charge in [0.1, 0.15) is 12.6 Å². The third-order valence-electron chi connectivity index (χ3n) is 6.14. The lowest BCUT2D eigenvalue weighted by molar-refractivity contribution is -0.143. The largest absolute Gasteiger partial charge is 0.368 e. The second kappa shape index (κ2) is 7.19. The zero-order valence-corrected chi connectivity index (χ0v) is 18.8. The number of likely N-dealkylation sites (N-methyl/N-ethyl adjacent to an activating group) is 1. The van der Waals surface area contributed by atoms with E-state index in [1.807, 2.05) is 11.5 Å². The zero-order valence-electron chi connectivity index (χ0n) is 17.8. The lowest BCUT2D eigenvalue weighted by Crippen LogP contribution is -2.57. The monoisotopic (exact) mass is 428 g/mol.